The maximum atomic E-state index is 13.0. The number of tetrazole rings is 1. The highest BCUT2D eigenvalue weighted by Gasteiger charge is 2.34. The molecule has 140 valence electrons. The van der Waals surface area contributed by atoms with Crippen LogP contribution in [0.25, 0.3) is 5.69 Å². The van der Waals surface area contributed by atoms with Crippen LogP contribution in [0.1, 0.15) is 25.3 Å². The van der Waals surface area contributed by atoms with Crippen LogP contribution in [-0.4, -0.2) is 58.6 Å². The molecule has 1 aromatic carbocycles. The van der Waals surface area contributed by atoms with Crippen molar-refractivity contribution in [2.45, 2.75) is 31.6 Å². The van der Waals surface area contributed by atoms with E-state index in [1.807, 2.05) is 0 Å². The van der Waals surface area contributed by atoms with E-state index in [9.17, 15) is 13.2 Å². The summed E-state index contributed by atoms with van der Waals surface area (Å²) in [6.07, 6.45) is 2.72. The number of carbonyl (C=O) groups excluding carboxylic acids is 1. The third kappa shape index (κ3) is 3.61. The number of ether oxygens (including phenoxy) is 1. The lowest BCUT2D eigenvalue weighted by atomic mass is 10.0. The van der Waals surface area contributed by atoms with Gasteiger partial charge in [-0.3, -0.25) is 4.79 Å². The van der Waals surface area contributed by atoms with Crippen molar-refractivity contribution in [1.82, 2.24) is 24.5 Å². The van der Waals surface area contributed by atoms with Crippen LogP contribution in [0, 0.1) is 12.8 Å². The standard InChI is InChI=1S/C16H21N5O4S/c1-3-25-16(22)13-5-4-8-20(10-13)26(23,24)14-6-7-15(12(2)9-14)21-11-17-18-19-21/h6-7,9,11,13H,3-5,8,10H2,1-2H3/t13-/m1/s1. The molecule has 10 heteroatoms. The topological polar surface area (TPSA) is 107 Å². The van der Waals surface area contributed by atoms with Gasteiger partial charge < -0.3 is 4.74 Å². The van der Waals surface area contributed by atoms with Gasteiger partial charge in [0.2, 0.25) is 10.0 Å². The van der Waals surface area contributed by atoms with E-state index in [0.717, 1.165) is 5.56 Å². The normalized spacial score (nSPS) is 18.6. The summed E-state index contributed by atoms with van der Waals surface area (Å²) >= 11 is 0. The molecule has 0 amide bonds. The summed E-state index contributed by atoms with van der Waals surface area (Å²) in [7, 11) is -3.69. The fraction of sp³-hybridized carbons (Fsp3) is 0.500. The Labute approximate surface area is 152 Å². The predicted molar refractivity (Wildman–Crippen MR) is 92.0 cm³/mol. The number of benzene rings is 1. The SMILES string of the molecule is CCOC(=O)[C@@H]1CCCN(S(=O)(=O)c2ccc(-n3cnnn3)c(C)c2)C1. The summed E-state index contributed by atoms with van der Waals surface area (Å²) in [6, 6.07) is 4.80. The second-order valence-electron chi connectivity index (χ2n) is 6.16. The average Bonchev–Trinajstić information content (AvgIpc) is 3.16. The summed E-state index contributed by atoms with van der Waals surface area (Å²) in [5.41, 5.74) is 1.44. The smallest absolute Gasteiger partial charge is 0.310 e. The van der Waals surface area contributed by atoms with Gasteiger partial charge in [0.25, 0.3) is 0 Å². The fourth-order valence-electron chi connectivity index (χ4n) is 3.08. The predicted octanol–water partition coefficient (Wildman–Crippen LogP) is 0.935. The zero-order chi connectivity index (χ0) is 18.7. The first kappa shape index (κ1) is 18.5. The Morgan fingerprint density at radius 1 is 1.38 bits per heavy atom. The molecule has 0 spiro atoms. The second kappa shape index (κ2) is 7.50. The van der Waals surface area contributed by atoms with E-state index in [0.29, 0.717) is 31.7 Å². The molecule has 3 rings (SSSR count). The van der Waals surface area contributed by atoms with Crippen LogP contribution in [0.15, 0.2) is 29.4 Å². The lowest BCUT2D eigenvalue weighted by molar-refractivity contribution is -0.149. The molecule has 1 aliphatic heterocycles. The van der Waals surface area contributed by atoms with Crippen LogP contribution < -0.4 is 0 Å². The van der Waals surface area contributed by atoms with Gasteiger partial charge in [-0.1, -0.05) is 0 Å². The van der Waals surface area contributed by atoms with Crippen molar-refractivity contribution in [2.75, 3.05) is 19.7 Å². The zero-order valence-corrected chi connectivity index (χ0v) is 15.5. The molecule has 1 aromatic heterocycles. The molecule has 0 unspecified atom stereocenters. The number of esters is 1. The number of piperidine rings is 1. The number of hydrogen-bond acceptors (Lipinski definition) is 7. The Kier molecular flexibility index (Phi) is 5.33. The van der Waals surface area contributed by atoms with Crippen molar-refractivity contribution in [3.05, 3.63) is 30.1 Å². The molecule has 0 aliphatic carbocycles. The largest absolute Gasteiger partial charge is 0.466 e. The minimum Gasteiger partial charge on any atom is -0.466 e. The zero-order valence-electron chi connectivity index (χ0n) is 14.7. The molecule has 9 nitrogen and oxygen atoms in total. The van der Waals surface area contributed by atoms with Gasteiger partial charge in [-0.2, -0.15) is 4.31 Å². The minimum absolute atomic E-state index is 0.148. The van der Waals surface area contributed by atoms with Gasteiger partial charge in [0.05, 0.1) is 23.1 Å². The van der Waals surface area contributed by atoms with Gasteiger partial charge in [-0.25, -0.2) is 13.1 Å². The summed E-state index contributed by atoms with van der Waals surface area (Å²) in [6.45, 7) is 4.37. The van der Waals surface area contributed by atoms with E-state index < -0.39 is 15.9 Å². The van der Waals surface area contributed by atoms with Gasteiger partial charge in [0, 0.05) is 13.1 Å². The number of rotatable bonds is 5. The van der Waals surface area contributed by atoms with Crippen molar-refractivity contribution in [3.8, 4) is 5.69 Å². The molecule has 1 aliphatic rings. The Morgan fingerprint density at radius 2 is 2.19 bits per heavy atom. The molecule has 0 bridgehead atoms. The molecule has 1 fully saturated rings. The Morgan fingerprint density at radius 3 is 2.85 bits per heavy atom. The number of nitrogens with zero attached hydrogens (tertiary/aromatic N) is 5. The van der Waals surface area contributed by atoms with E-state index >= 15 is 0 Å². The number of carbonyl (C=O) groups is 1. The van der Waals surface area contributed by atoms with Gasteiger partial charge in [0.1, 0.15) is 6.33 Å². The molecule has 1 atom stereocenters. The number of hydrogen-bond donors (Lipinski definition) is 0. The molecular formula is C16H21N5O4S. The highest BCUT2D eigenvalue weighted by molar-refractivity contribution is 7.89. The maximum absolute atomic E-state index is 13.0. The molecule has 1 saturated heterocycles. The van der Waals surface area contributed by atoms with Crippen molar-refractivity contribution in [1.29, 1.82) is 0 Å². The van der Waals surface area contributed by atoms with Crippen LogP contribution in [-0.2, 0) is 19.6 Å². The molecule has 0 radical (unpaired) electrons. The van der Waals surface area contributed by atoms with Gasteiger partial charge in [-0.15, -0.1) is 5.10 Å². The van der Waals surface area contributed by atoms with E-state index in [1.54, 1.807) is 26.0 Å². The molecular weight excluding hydrogens is 358 g/mol. The lowest BCUT2D eigenvalue weighted by Gasteiger charge is -2.30. The number of aryl methyl sites for hydroxylation is 1. The molecule has 0 N–H and O–H groups in total. The first-order valence-corrected chi connectivity index (χ1v) is 9.88. The van der Waals surface area contributed by atoms with Crippen molar-refractivity contribution >= 4 is 16.0 Å². The van der Waals surface area contributed by atoms with Crippen LogP contribution in [0.2, 0.25) is 0 Å². The monoisotopic (exact) mass is 379 g/mol. The highest BCUT2D eigenvalue weighted by atomic mass is 32.2. The van der Waals surface area contributed by atoms with Crippen molar-refractivity contribution in [3.63, 3.8) is 0 Å². The van der Waals surface area contributed by atoms with Crippen molar-refractivity contribution in [2.24, 2.45) is 5.92 Å². The molecule has 0 saturated carbocycles. The minimum atomic E-state index is -3.69. The number of aromatic nitrogens is 4. The summed E-state index contributed by atoms with van der Waals surface area (Å²) in [4.78, 5) is 12.2. The van der Waals surface area contributed by atoms with Gasteiger partial charge in [-0.05, 0) is 60.9 Å². The fourth-order valence-corrected chi connectivity index (χ4v) is 4.69. The highest BCUT2D eigenvalue weighted by Crippen LogP contribution is 2.26. The van der Waals surface area contributed by atoms with Gasteiger partial charge >= 0.3 is 5.97 Å². The van der Waals surface area contributed by atoms with Crippen LogP contribution in [0.3, 0.4) is 0 Å². The molecule has 2 aromatic rings. The third-order valence-corrected chi connectivity index (χ3v) is 6.27. The van der Waals surface area contributed by atoms with E-state index in [1.165, 1.54) is 21.4 Å². The average molecular weight is 379 g/mol. The Bertz CT molecular complexity index is 882. The molecule has 2 heterocycles. The molecule has 26 heavy (non-hydrogen) atoms. The van der Waals surface area contributed by atoms with E-state index in [2.05, 4.69) is 15.5 Å². The first-order chi connectivity index (χ1) is 12.4. The maximum Gasteiger partial charge on any atom is 0.310 e. The van der Waals surface area contributed by atoms with Crippen molar-refractivity contribution < 1.29 is 17.9 Å². The Balaban J connectivity index is 1.83. The lowest BCUT2D eigenvalue weighted by Crippen LogP contribution is -2.42. The van der Waals surface area contributed by atoms with Crippen LogP contribution in [0.5, 0.6) is 0 Å². The van der Waals surface area contributed by atoms with E-state index in [4.69, 9.17) is 4.74 Å². The van der Waals surface area contributed by atoms with Crippen LogP contribution >= 0.6 is 0 Å². The second-order valence-corrected chi connectivity index (χ2v) is 8.09. The van der Waals surface area contributed by atoms with Crippen LogP contribution in [0.4, 0.5) is 0 Å². The quantitative estimate of drug-likeness (QED) is 0.711. The first-order valence-electron chi connectivity index (χ1n) is 8.44. The Hall–Kier alpha value is -2.33. The summed E-state index contributed by atoms with van der Waals surface area (Å²) < 4.78 is 33.9. The van der Waals surface area contributed by atoms with Gasteiger partial charge in [0.15, 0.2) is 0 Å². The third-order valence-electron chi connectivity index (χ3n) is 4.41. The number of sulfonamides is 1. The summed E-state index contributed by atoms with van der Waals surface area (Å²) in [5.74, 6) is -0.752. The van der Waals surface area contributed by atoms with E-state index in [-0.39, 0.29) is 17.4 Å². The summed E-state index contributed by atoms with van der Waals surface area (Å²) in [5, 5.41) is 11.0.